The fourth-order valence-corrected chi connectivity index (χ4v) is 3.36. The molecule has 1 aliphatic rings. The minimum absolute atomic E-state index is 0.196. The molecule has 1 saturated carbocycles. The summed E-state index contributed by atoms with van der Waals surface area (Å²) in [4.78, 5) is 15.7. The van der Waals surface area contributed by atoms with Crippen molar-refractivity contribution in [1.29, 1.82) is 0 Å². The van der Waals surface area contributed by atoms with Gasteiger partial charge < -0.3 is 4.90 Å². The van der Waals surface area contributed by atoms with E-state index in [0.717, 1.165) is 29.8 Å². The average Bonchev–Trinajstić information content (AvgIpc) is 3.17. The van der Waals surface area contributed by atoms with Crippen molar-refractivity contribution in [2.45, 2.75) is 39.3 Å². The van der Waals surface area contributed by atoms with Gasteiger partial charge in [-0.1, -0.05) is 29.8 Å². The van der Waals surface area contributed by atoms with Gasteiger partial charge in [-0.2, -0.15) is 0 Å². The van der Waals surface area contributed by atoms with E-state index in [1.807, 2.05) is 23.3 Å². The molecule has 3 rings (SSSR count). The Morgan fingerprint density at radius 2 is 2.10 bits per heavy atom. The summed E-state index contributed by atoms with van der Waals surface area (Å²) in [5.41, 5.74) is 3.56. The zero-order valence-electron chi connectivity index (χ0n) is 11.9. The van der Waals surface area contributed by atoms with E-state index in [1.54, 1.807) is 11.3 Å². The van der Waals surface area contributed by atoms with Crippen LogP contribution in [0.15, 0.2) is 35.7 Å². The number of thiophene rings is 1. The standard InChI is InChI=1S/C17H19NOS/c1-12-4-3-5-14(10-12)11-18(15-6-7-15)17(19)16-13(2)8-9-20-16/h3-5,8-10,15H,6-7,11H2,1-2H3. The van der Waals surface area contributed by atoms with Gasteiger partial charge in [0, 0.05) is 12.6 Å². The van der Waals surface area contributed by atoms with Gasteiger partial charge in [0.1, 0.15) is 0 Å². The number of nitrogens with zero attached hydrogens (tertiary/aromatic N) is 1. The van der Waals surface area contributed by atoms with Gasteiger partial charge >= 0.3 is 0 Å². The third kappa shape index (κ3) is 2.78. The Labute approximate surface area is 124 Å². The summed E-state index contributed by atoms with van der Waals surface area (Å²) in [5, 5.41) is 2.00. The van der Waals surface area contributed by atoms with Crippen LogP contribution in [0.5, 0.6) is 0 Å². The van der Waals surface area contributed by atoms with Crippen LogP contribution in [-0.4, -0.2) is 16.8 Å². The van der Waals surface area contributed by atoms with E-state index in [1.165, 1.54) is 11.1 Å². The summed E-state index contributed by atoms with van der Waals surface area (Å²) >= 11 is 1.55. The number of hydrogen-bond donors (Lipinski definition) is 0. The fourth-order valence-electron chi connectivity index (χ4n) is 2.48. The van der Waals surface area contributed by atoms with Crippen LogP contribution in [0.3, 0.4) is 0 Å². The van der Waals surface area contributed by atoms with Crippen molar-refractivity contribution >= 4 is 17.2 Å². The Balaban J connectivity index is 1.83. The predicted octanol–water partition coefficient (Wildman–Crippen LogP) is 4.17. The van der Waals surface area contributed by atoms with Crippen LogP contribution in [0, 0.1) is 13.8 Å². The molecule has 3 heteroatoms. The van der Waals surface area contributed by atoms with Crippen LogP contribution >= 0.6 is 11.3 Å². The molecule has 2 aromatic rings. The van der Waals surface area contributed by atoms with Crippen molar-refractivity contribution in [3.63, 3.8) is 0 Å². The minimum Gasteiger partial charge on any atom is -0.331 e. The smallest absolute Gasteiger partial charge is 0.264 e. The molecular formula is C17H19NOS. The van der Waals surface area contributed by atoms with Crippen LogP contribution in [-0.2, 0) is 6.54 Å². The third-order valence-corrected chi connectivity index (χ3v) is 4.74. The first-order valence-electron chi connectivity index (χ1n) is 7.06. The van der Waals surface area contributed by atoms with Crippen molar-refractivity contribution in [1.82, 2.24) is 4.90 Å². The quantitative estimate of drug-likeness (QED) is 0.825. The molecule has 0 radical (unpaired) electrons. The van der Waals surface area contributed by atoms with E-state index >= 15 is 0 Å². The largest absolute Gasteiger partial charge is 0.331 e. The maximum atomic E-state index is 12.7. The molecule has 1 fully saturated rings. The highest BCUT2D eigenvalue weighted by Gasteiger charge is 2.33. The predicted molar refractivity (Wildman–Crippen MR) is 83.1 cm³/mol. The molecule has 0 saturated heterocycles. The summed E-state index contributed by atoms with van der Waals surface area (Å²) in [6, 6.07) is 10.9. The maximum Gasteiger partial charge on any atom is 0.264 e. The first kappa shape index (κ1) is 13.4. The Morgan fingerprint density at radius 1 is 1.30 bits per heavy atom. The van der Waals surface area contributed by atoms with E-state index < -0.39 is 0 Å². The number of benzene rings is 1. The molecule has 1 amide bonds. The monoisotopic (exact) mass is 285 g/mol. The van der Waals surface area contributed by atoms with E-state index in [2.05, 4.69) is 31.2 Å². The molecule has 1 heterocycles. The lowest BCUT2D eigenvalue weighted by molar-refractivity contribution is 0.0734. The maximum absolute atomic E-state index is 12.7. The van der Waals surface area contributed by atoms with Gasteiger partial charge in [-0.3, -0.25) is 4.79 Å². The molecule has 0 spiro atoms. The van der Waals surface area contributed by atoms with E-state index in [-0.39, 0.29) is 5.91 Å². The Bertz CT molecular complexity index is 627. The number of amides is 1. The van der Waals surface area contributed by atoms with Crippen molar-refractivity contribution in [2.24, 2.45) is 0 Å². The number of aryl methyl sites for hydroxylation is 2. The highest BCUT2D eigenvalue weighted by Crippen LogP contribution is 2.31. The topological polar surface area (TPSA) is 20.3 Å². The normalized spacial score (nSPS) is 14.3. The number of carbonyl (C=O) groups excluding carboxylic acids is 1. The molecule has 1 aromatic carbocycles. The summed E-state index contributed by atoms with van der Waals surface area (Å²) in [6.07, 6.45) is 2.28. The highest BCUT2D eigenvalue weighted by molar-refractivity contribution is 7.12. The van der Waals surface area contributed by atoms with E-state index in [9.17, 15) is 4.79 Å². The lowest BCUT2D eigenvalue weighted by Crippen LogP contribution is -2.32. The van der Waals surface area contributed by atoms with Crippen molar-refractivity contribution < 1.29 is 4.79 Å². The van der Waals surface area contributed by atoms with Gasteiger partial charge in [-0.05, 0) is 49.3 Å². The summed E-state index contributed by atoms with van der Waals surface area (Å²) in [7, 11) is 0. The first-order valence-corrected chi connectivity index (χ1v) is 7.94. The van der Waals surface area contributed by atoms with Crippen molar-refractivity contribution in [2.75, 3.05) is 0 Å². The number of rotatable bonds is 4. The molecule has 0 bridgehead atoms. The minimum atomic E-state index is 0.196. The van der Waals surface area contributed by atoms with E-state index in [4.69, 9.17) is 0 Å². The van der Waals surface area contributed by atoms with E-state index in [0.29, 0.717) is 6.04 Å². The van der Waals surface area contributed by atoms with Crippen molar-refractivity contribution in [3.8, 4) is 0 Å². The number of hydrogen-bond acceptors (Lipinski definition) is 2. The molecule has 0 N–H and O–H groups in total. The van der Waals surface area contributed by atoms with Gasteiger partial charge in [0.25, 0.3) is 5.91 Å². The number of carbonyl (C=O) groups is 1. The van der Waals surface area contributed by atoms with Crippen LogP contribution in [0.4, 0.5) is 0 Å². The zero-order valence-corrected chi connectivity index (χ0v) is 12.7. The zero-order chi connectivity index (χ0) is 14.1. The van der Waals surface area contributed by atoms with Crippen molar-refractivity contribution in [3.05, 3.63) is 57.3 Å². The molecule has 0 unspecified atom stereocenters. The Hall–Kier alpha value is -1.61. The van der Waals surface area contributed by atoms with Crippen LogP contribution in [0.2, 0.25) is 0 Å². The molecule has 20 heavy (non-hydrogen) atoms. The van der Waals surface area contributed by atoms with Gasteiger partial charge in [0.2, 0.25) is 0 Å². The Morgan fingerprint density at radius 3 is 2.70 bits per heavy atom. The van der Waals surface area contributed by atoms with Crippen LogP contribution in [0.1, 0.15) is 39.2 Å². The summed E-state index contributed by atoms with van der Waals surface area (Å²) in [5.74, 6) is 0.196. The molecule has 104 valence electrons. The lowest BCUT2D eigenvalue weighted by atomic mass is 10.1. The van der Waals surface area contributed by atoms with Gasteiger partial charge in [-0.25, -0.2) is 0 Å². The van der Waals surface area contributed by atoms with Gasteiger partial charge in [-0.15, -0.1) is 11.3 Å². The second-order valence-electron chi connectivity index (χ2n) is 5.59. The van der Waals surface area contributed by atoms with Crippen LogP contribution in [0.25, 0.3) is 0 Å². The third-order valence-electron chi connectivity index (χ3n) is 3.74. The molecule has 0 aliphatic heterocycles. The summed E-state index contributed by atoms with van der Waals surface area (Å²) < 4.78 is 0. The SMILES string of the molecule is Cc1cccc(CN(C(=O)c2sccc2C)C2CC2)c1. The van der Waals surface area contributed by atoms with Crippen LogP contribution < -0.4 is 0 Å². The van der Waals surface area contributed by atoms with Gasteiger partial charge in [0.15, 0.2) is 0 Å². The fraction of sp³-hybridized carbons (Fsp3) is 0.353. The second-order valence-corrected chi connectivity index (χ2v) is 6.50. The summed E-state index contributed by atoms with van der Waals surface area (Å²) in [6.45, 7) is 4.83. The first-order chi connectivity index (χ1) is 9.65. The Kier molecular flexibility index (Phi) is 3.62. The molecule has 0 atom stereocenters. The molecular weight excluding hydrogens is 266 g/mol. The van der Waals surface area contributed by atoms with Gasteiger partial charge in [0.05, 0.1) is 4.88 Å². The highest BCUT2D eigenvalue weighted by atomic mass is 32.1. The molecule has 2 nitrogen and oxygen atoms in total. The second kappa shape index (κ2) is 5.41. The lowest BCUT2D eigenvalue weighted by Gasteiger charge is -2.22. The molecule has 1 aliphatic carbocycles. The average molecular weight is 285 g/mol. The molecule has 1 aromatic heterocycles.